The van der Waals surface area contributed by atoms with Crippen LogP contribution in [0.1, 0.15) is 58.1 Å². The average molecular weight is 786 g/mol. The summed E-state index contributed by atoms with van der Waals surface area (Å²) in [6, 6.07) is 19.1. The first-order chi connectivity index (χ1) is 26.9. The van der Waals surface area contributed by atoms with Crippen molar-refractivity contribution in [1.29, 1.82) is 0 Å². The molecule has 2 aromatic rings. The molecule has 2 saturated heterocycles. The predicted octanol–water partition coefficient (Wildman–Crippen LogP) is 3.93. The number of ether oxygens (including phenoxy) is 6. The molecule has 308 valence electrons. The highest BCUT2D eigenvalue weighted by Gasteiger charge is 2.36. The maximum absolute atomic E-state index is 12.2. The topological polar surface area (TPSA) is 197 Å². The van der Waals surface area contributed by atoms with E-state index in [4.69, 9.17) is 33.5 Å². The van der Waals surface area contributed by atoms with Crippen LogP contribution in [-0.2, 0) is 60.8 Å². The summed E-state index contributed by atoms with van der Waals surface area (Å²) in [5.74, 6) is -1.63. The molecule has 0 unspecified atom stereocenters. The fourth-order valence-corrected chi connectivity index (χ4v) is 5.65. The minimum Gasteiger partial charge on any atom is -0.459 e. The number of hydrogen-bond acceptors (Lipinski definition) is 14. The zero-order valence-corrected chi connectivity index (χ0v) is 32.8. The molecule has 4 atom stereocenters. The lowest BCUT2D eigenvalue weighted by molar-refractivity contribution is -0.170. The molecule has 2 fully saturated rings. The van der Waals surface area contributed by atoms with E-state index < -0.39 is 30.2 Å². The number of nitrogens with one attached hydrogen (secondary N) is 1. The van der Waals surface area contributed by atoms with Crippen LogP contribution in [-0.4, -0.2) is 122 Å². The molecule has 3 aliphatic heterocycles. The van der Waals surface area contributed by atoms with Gasteiger partial charge in [0.2, 0.25) is 0 Å². The van der Waals surface area contributed by atoms with E-state index in [1.54, 1.807) is 4.90 Å². The van der Waals surface area contributed by atoms with Crippen LogP contribution in [0, 0.1) is 0 Å². The highest BCUT2D eigenvalue weighted by molar-refractivity contribution is 5.70. The number of aliphatic hydroxyl groups excluding tert-OH is 1. The molecule has 2 N–H and O–H groups in total. The Bertz CT molecular complexity index is 1520. The molecule has 56 heavy (non-hydrogen) atoms. The summed E-state index contributed by atoms with van der Waals surface area (Å²) >= 11 is 0. The Morgan fingerprint density at radius 2 is 1.07 bits per heavy atom. The predicted molar refractivity (Wildman–Crippen MR) is 203 cm³/mol. The van der Waals surface area contributed by atoms with Gasteiger partial charge in [-0.15, -0.1) is 0 Å². The van der Waals surface area contributed by atoms with Gasteiger partial charge >= 0.3 is 36.1 Å². The molecule has 2 amide bonds. The lowest BCUT2D eigenvalue weighted by atomic mass is 10.0. The summed E-state index contributed by atoms with van der Waals surface area (Å²) < 4.78 is 30.9. The van der Waals surface area contributed by atoms with Gasteiger partial charge < -0.3 is 48.6 Å². The van der Waals surface area contributed by atoms with Crippen LogP contribution in [0.25, 0.3) is 0 Å². The van der Waals surface area contributed by atoms with Crippen molar-refractivity contribution < 1.29 is 62.3 Å². The average Bonchev–Trinajstić information content (AvgIpc) is 3.19. The normalized spacial score (nSPS) is 19.7. The summed E-state index contributed by atoms with van der Waals surface area (Å²) in [5.41, 5.74) is 1.90. The van der Waals surface area contributed by atoms with E-state index in [9.17, 15) is 28.8 Å². The van der Waals surface area contributed by atoms with Crippen molar-refractivity contribution in [2.45, 2.75) is 84.6 Å². The largest absolute Gasteiger partial charge is 0.459 e. The summed E-state index contributed by atoms with van der Waals surface area (Å²) in [7, 11) is 1.00. The van der Waals surface area contributed by atoms with E-state index in [0.29, 0.717) is 39.1 Å². The van der Waals surface area contributed by atoms with Crippen LogP contribution in [0.5, 0.6) is 0 Å². The minimum atomic E-state index is -0.690. The fraction of sp³-hybridized carbons (Fsp3) is 0.500. The van der Waals surface area contributed by atoms with Crippen molar-refractivity contribution in [3.63, 3.8) is 0 Å². The first-order valence-corrected chi connectivity index (χ1v) is 18.3. The van der Waals surface area contributed by atoms with Crippen LogP contribution < -0.4 is 5.32 Å². The second-order valence-electron chi connectivity index (χ2n) is 12.6. The molecule has 0 saturated carbocycles. The van der Waals surface area contributed by atoms with E-state index in [2.05, 4.69) is 11.4 Å². The maximum atomic E-state index is 12.2. The number of nitrogens with zero attached hydrogens (tertiary/aromatic N) is 2. The van der Waals surface area contributed by atoms with Crippen molar-refractivity contribution in [1.82, 2.24) is 15.1 Å². The van der Waals surface area contributed by atoms with Gasteiger partial charge in [-0.3, -0.25) is 19.2 Å². The van der Waals surface area contributed by atoms with Gasteiger partial charge in [0.05, 0.1) is 6.54 Å². The zero-order chi connectivity index (χ0) is 41.3. The number of piperidine rings is 2. The first kappa shape index (κ1) is 46.7. The molecule has 0 spiro atoms. The summed E-state index contributed by atoms with van der Waals surface area (Å²) in [6.45, 7) is 9.01. The summed E-state index contributed by atoms with van der Waals surface area (Å²) in [4.78, 5) is 70.9. The molecule has 3 heterocycles. The highest BCUT2D eigenvalue weighted by atomic mass is 16.6. The molecule has 0 radical (unpaired) electrons. The van der Waals surface area contributed by atoms with E-state index >= 15 is 0 Å². The monoisotopic (exact) mass is 785 g/mol. The van der Waals surface area contributed by atoms with Crippen LogP contribution in [0.3, 0.4) is 0 Å². The molecule has 5 rings (SSSR count). The third-order valence-corrected chi connectivity index (χ3v) is 8.12. The molecule has 16 nitrogen and oxygen atoms in total. The standard InChI is InChI=1S/C17H21NO6.C13H15NO2.C9H15NO4.CH4O/c1-12(19)23-15-8-9-18(10-16(15)24-13(2)20)17(21)22-11-14-6-4-3-5-7-14;15-13(14-9-5-2-6-10-14)16-11-12-7-3-1-4-8-12;1-6(11)13-8-3-4-10-5-9(8)14-7(2)12;1-2/h3-7,15-16H,8-11H2,1-2H3;1-5,7-8H,6,9-11H2;8-10H,3-5H2,1-2H3;2H,1H3/t15-,16-;;8-,9-;/m0.0./s1. The number of carbonyl (C=O) groups is 6. The van der Waals surface area contributed by atoms with Crippen LogP contribution >= 0.6 is 0 Å². The minimum absolute atomic E-state index is 0.130. The van der Waals surface area contributed by atoms with Gasteiger partial charge in [0.15, 0.2) is 12.2 Å². The summed E-state index contributed by atoms with van der Waals surface area (Å²) in [6.07, 6.45) is 3.44. The number of carbonyl (C=O) groups excluding carboxylic acids is 6. The van der Waals surface area contributed by atoms with Crippen molar-refractivity contribution in [3.05, 3.63) is 83.9 Å². The Hall–Kier alpha value is -5.48. The molecular formula is C40H55N3O13. The third-order valence-electron chi connectivity index (χ3n) is 8.12. The number of esters is 4. The van der Waals surface area contributed by atoms with E-state index in [-0.39, 0.29) is 43.4 Å². The van der Waals surface area contributed by atoms with Gasteiger partial charge in [-0.05, 0) is 24.1 Å². The Morgan fingerprint density at radius 3 is 1.55 bits per heavy atom. The summed E-state index contributed by atoms with van der Waals surface area (Å²) in [5, 5.41) is 10.1. The van der Waals surface area contributed by atoms with Gasteiger partial charge in [-0.1, -0.05) is 72.8 Å². The SMILES string of the molecule is CC(=O)O[C@H]1CCN(C(=O)OCc2ccccc2)C[C@@H]1OC(C)=O.CC(=O)O[C@H]1CCNC[C@@H]1OC(C)=O.CO.O=C(OCc1ccccc1)N1CC=CCC1. The van der Waals surface area contributed by atoms with Crippen LogP contribution in [0.2, 0.25) is 0 Å². The van der Waals surface area contributed by atoms with E-state index in [1.807, 2.05) is 66.7 Å². The Labute approximate surface area is 328 Å². The molecule has 0 aliphatic carbocycles. The van der Waals surface area contributed by atoms with Gasteiger partial charge in [0.1, 0.15) is 25.4 Å². The Balaban J connectivity index is 0.000000296. The number of likely N-dealkylation sites (tertiary alicyclic amines) is 1. The zero-order valence-electron chi connectivity index (χ0n) is 32.8. The van der Waals surface area contributed by atoms with Gasteiger partial charge in [0, 0.05) is 73.8 Å². The van der Waals surface area contributed by atoms with Gasteiger partial charge in [-0.2, -0.15) is 0 Å². The van der Waals surface area contributed by atoms with Crippen molar-refractivity contribution in [2.75, 3.05) is 46.4 Å². The van der Waals surface area contributed by atoms with Crippen LogP contribution in [0.15, 0.2) is 72.8 Å². The smallest absolute Gasteiger partial charge is 0.410 e. The molecule has 3 aliphatic rings. The van der Waals surface area contributed by atoms with Gasteiger partial charge in [0.25, 0.3) is 0 Å². The number of rotatable bonds is 8. The number of aliphatic hydroxyl groups is 1. The molecule has 0 bridgehead atoms. The van der Waals surface area contributed by atoms with Crippen molar-refractivity contribution in [3.8, 4) is 0 Å². The quantitative estimate of drug-likeness (QED) is 0.222. The maximum Gasteiger partial charge on any atom is 0.410 e. The van der Waals surface area contributed by atoms with Crippen molar-refractivity contribution >= 4 is 36.1 Å². The Kier molecular flexibility index (Phi) is 22.0. The van der Waals surface area contributed by atoms with E-state index in [1.165, 1.54) is 32.6 Å². The van der Waals surface area contributed by atoms with Gasteiger partial charge in [-0.25, -0.2) is 9.59 Å². The van der Waals surface area contributed by atoms with Crippen LogP contribution in [0.4, 0.5) is 9.59 Å². The van der Waals surface area contributed by atoms with E-state index in [0.717, 1.165) is 37.7 Å². The molecule has 0 aromatic heterocycles. The number of hydrogen-bond donors (Lipinski definition) is 2. The third kappa shape index (κ3) is 18.7. The second kappa shape index (κ2) is 26.3. The number of benzene rings is 2. The lowest BCUT2D eigenvalue weighted by Gasteiger charge is -2.36. The molecular weight excluding hydrogens is 730 g/mol. The lowest BCUT2D eigenvalue weighted by Crippen LogP contribution is -2.52. The Morgan fingerprint density at radius 1 is 0.607 bits per heavy atom. The molecule has 2 aromatic carbocycles. The fourth-order valence-electron chi connectivity index (χ4n) is 5.65. The second-order valence-corrected chi connectivity index (χ2v) is 12.6. The van der Waals surface area contributed by atoms with Crippen molar-refractivity contribution in [2.24, 2.45) is 0 Å². The number of amides is 2. The highest BCUT2D eigenvalue weighted by Crippen LogP contribution is 2.19. The first-order valence-electron chi connectivity index (χ1n) is 18.3. The molecule has 16 heteroatoms.